The first-order valence-corrected chi connectivity index (χ1v) is 40.4. The monoisotopic (exact) mass is 1540 g/mol. The number of halogens is 3. The topological polar surface area (TPSA) is 95.9 Å². The average Bonchev–Trinajstić information content (AvgIpc) is 0.767. The van der Waals surface area contributed by atoms with E-state index in [0.717, 1.165) is 76.2 Å². The number of nitrogens with zero attached hydrogens (tertiary/aromatic N) is 3. The zero-order chi connectivity index (χ0) is 67.4. The van der Waals surface area contributed by atoms with Crippen LogP contribution in [0, 0.1) is 23.7 Å². The van der Waals surface area contributed by atoms with Gasteiger partial charge in [0, 0.05) is 38.1 Å². The lowest BCUT2D eigenvalue weighted by molar-refractivity contribution is -0.137. The molecule has 9 aromatic rings. The SMILES string of the molecule is Br.CC(C)CN(CC(C)C)C(=O)CN(CCC[P+](c1ccccc1)(c1ccccc1)c1ccccc1)CC(=O)N(CC(C)C)CC(C)C.NCCCBr.NCCC[P+](c1ccccc1)(c1ccccc1)c1ccccc1.[Br-].c1ccc(P(c2ccccc2)c2ccccc2)cc1. The van der Waals surface area contributed by atoms with Crippen LogP contribution in [-0.2, 0) is 9.59 Å². The van der Waals surface area contributed by atoms with E-state index in [1.165, 1.54) is 47.7 Å². The Kier molecular flexibility index (Phi) is 39.7. The summed E-state index contributed by atoms with van der Waals surface area (Å²) in [6.07, 6.45) is 5.05. The number of carbonyl (C=O) groups is 2. The number of hydrogen-bond acceptors (Lipinski definition) is 5. The number of amides is 2. The summed E-state index contributed by atoms with van der Waals surface area (Å²) >= 11 is 3.23. The van der Waals surface area contributed by atoms with E-state index in [9.17, 15) is 9.59 Å². The largest absolute Gasteiger partial charge is 1.00 e. The normalized spacial score (nSPS) is 11.1. The summed E-state index contributed by atoms with van der Waals surface area (Å²) in [6.45, 7) is 23.0. The number of hydrogen-bond donors (Lipinski definition) is 2. The summed E-state index contributed by atoms with van der Waals surface area (Å²) in [7, 11) is -4.10. The van der Waals surface area contributed by atoms with E-state index in [0.29, 0.717) is 30.2 Å². The van der Waals surface area contributed by atoms with E-state index in [-0.39, 0.29) is 58.9 Å². The second kappa shape index (κ2) is 46.0. The molecule has 0 heterocycles. The molecule has 2 amide bonds. The lowest BCUT2D eigenvalue weighted by Crippen LogP contribution is -3.00. The van der Waals surface area contributed by atoms with Crippen molar-refractivity contribution in [2.24, 2.45) is 35.1 Å². The van der Waals surface area contributed by atoms with Crippen LogP contribution in [0.15, 0.2) is 273 Å². The predicted octanol–water partition coefficient (Wildman–Crippen LogP) is 12.0. The third kappa shape index (κ3) is 26.3. The maximum atomic E-state index is 13.9. The van der Waals surface area contributed by atoms with Gasteiger partial charge < -0.3 is 38.2 Å². The van der Waals surface area contributed by atoms with Gasteiger partial charge in [0.05, 0.1) is 25.4 Å². The van der Waals surface area contributed by atoms with Gasteiger partial charge in [0.15, 0.2) is 0 Å². The second-order valence-corrected chi connectivity index (χ2v) is 35.9. The van der Waals surface area contributed by atoms with E-state index < -0.39 is 22.4 Å². The molecule has 0 fully saturated rings. The summed E-state index contributed by atoms with van der Waals surface area (Å²) in [5.41, 5.74) is 11.0. The van der Waals surface area contributed by atoms with Gasteiger partial charge >= 0.3 is 0 Å². The summed E-state index contributed by atoms with van der Waals surface area (Å²) in [4.78, 5) is 34.0. The van der Waals surface area contributed by atoms with Crippen molar-refractivity contribution in [2.75, 3.05) is 76.6 Å². The van der Waals surface area contributed by atoms with Crippen molar-refractivity contribution >= 4 is 115 Å². The molecular weight excluding hydrogens is 1430 g/mol. The molecule has 0 saturated carbocycles. The summed E-state index contributed by atoms with van der Waals surface area (Å²) < 4.78 is 0. The maximum absolute atomic E-state index is 13.9. The number of carbonyl (C=O) groups excluding carboxylic acids is 2. The highest BCUT2D eigenvalue weighted by Crippen LogP contribution is 2.57. The van der Waals surface area contributed by atoms with Gasteiger partial charge in [-0.1, -0.05) is 272 Å². The van der Waals surface area contributed by atoms with Gasteiger partial charge in [-0.05, 0) is 153 Å². The molecule has 0 bridgehead atoms. The first-order valence-electron chi connectivity index (χ1n) is 34.0. The Morgan fingerprint density at radius 3 is 0.781 bits per heavy atom. The highest BCUT2D eigenvalue weighted by Gasteiger charge is 2.46. The van der Waals surface area contributed by atoms with E-state index >= 15 is 0 Å². The molecule has 96 heavy (non-hydrogen) atoms. The van der Waals surface area contributed by atoms with Crippen LogP contribution in [0.3, 0.4) is 0 Å². The molecule has 0 radical (unpaired) electrons. The lowest BCUT2D eigenvalue weighted by Gasteiger charge is -2.33. The Hall–Kier alpha value is -5.47. The fourth-order valence-electron chi connectivity index (χ4n) is 12.0. The standard InChI is InChI=1S/C41H61N3O2P.C21H23NP.C18H15P.C3H8BrN.2BrH/c1-33(2)27-43(28-34(3)4)40(45)31-42(32-41(46)44(29-35(5)6)30-36(7)8)25-18-26-47(37-19-12-9-13-20-37,38-21-14-10-15-22-38)39-23-16-11-17-24-39;22-17-10-18-23(19-11-4-1-5-12-19,20-13-6-2-7-14-20)21-15-8-3-9-16-21;1-4-10-16(11-5-1)19(17-12-6-2-7-13-17)18-14-8-3-9-15-18;4-2-1-3-5;;/h9-17,19-24,33-36H,18,25-32H2,1-8H3;1-9,11-16H,10,17-18,22H2;1-15H;1-3,5H2;2*1H/q2*+1;;;;/p-1. The molecular formula is C83H108Br3N5O2P3+. The number of nitrogens with two attached hydrogens (primary N) is 2. The molecule has 7 nitrogen and oxygen atoms in total. The number of benzene rings is 9. The number of rotatable bonds is 30. The molecule has 0 aliphatic rings. The minimum atomic E-state index is -2.01. The van der Waals surface area contributed by atoms with E-state index in [4.69, 9.17) is 11.5 Å². The zero-order valence-corrected chi connectivity index (χ0v) is 65.8. The van der Waals surface area contributed by atoms with Crippen LogP contribution in [-0.4, -0.2) is 103 Å². The minimum Gasteiger partial charge on any atom is -1.00 e. The fraction of sp³-hybridized carbons (Fsp3) is 0.325. The van der Waals surface area contributed by atoms with Crippen molar-refractivity contribution in [1.82, 2.24) is 14.7 Å². The zero-order valence-electron chi connectivity index (χ0n) is 58.2. The van der Waals surface area contributed by atoms with E-state index in [2.05, 4.69) is 349 Å². The summed E-state index contributed by atoms with van der Waals surface area (Å²) in [5.74, 6) is 1.77. The molecule has 0 aromatic heterocycles. The molecule has 4 N–H and O–H groups in total. The molecule has 9 rings (SSSR count). The molecule has 0 aliphatic carbocycles. The molecule has 13 heteroatoms. The predicted molar refractivity (Wildman–Crippen MR) is 430 cm³/mol. The van der Waals surface area contributed by atoms with Gasteiger partial charge in [-0.3, -0.25) is 14.5 Å². The number of alkyl halides is 1. The lowest BCUT2D eigenvalue weighted by atomic mass is 10.1. The van der Waals surface area contributed by atoms with Crippen LogP contribution in [0.4, 0.5) is 0 Å². The van der Waals surface area contributed by atoms with Gasteiger partial charge in [0.25, 0.3) is 0 Å². The summed E-state index contributed by atoms with van der Waals surface area (Å²) in [6, 6.07) is 98.1. The molecule has 0 atom stereocenters. The van der Waals surface area contributed by atoms with Gasteiger partial charge in [0.1, 0.15) is 46.4 Å². The second-order valence-electron chi connectivity index (χ2n) is 25.6. The third-order valence-corrected chi connectivity index (χ3v) is 28.1. The quantitative estimate of drug-likeness (QED) is 0.0345. The highest BCUT2D eigenvalue weighted by atomic mass is 79.9. The van der Waals surface area contributed by atoms with Gasteiger partial charge in [-0.15, -0.1) is 17.0 Å². The van der Waals surface area contributed by atoms with Crippen LogP contribution in [0.5, 0.6) is 0 Å². The Labute approximate surface area is 610 Å². The fourth-order valence-corrected chi connectivity index (χ4v) is 23.3. The Morgan fingerprint density at radius 1 is 0.365 bits per heavy atom. The van der Waals surface area contributed by atoms with Crippen LogP contribution in [0.25, 0.3) is 0 Å². The molecule has 9 aromatic carbocycles. The van der Waals surface area contributed by atoms with Gasteiger partial charge in [0.2, 0.25) is 11.8 Å². The smallest absolute Gasteiger partial charge is 0.236 e. The maximum Gasteiger partial charge on any atom is 0.236 e. The molecule has 0 aliphatic heterocycles. The first-order chi connectivity index (χ1) is 45.7. The van der Waals surface area contributed by atoms with Crippen molar-refractivity contribution in [2.45, 2.75) is 74.7 Å². The van der Waals surface area contributed by atoms with E-state index in [1.54, 1.807) is 0 Å². The van der Waals surface area contributed by atoms with Crippen LogP contribution >= 0.6 is 55.4 Å². The Bertz CT molecular complexity index is 3100. The Balaban J connectivity index is 0.000000329. The van der Waals surface area contributed by atoms with E-state index in [1.807, 2.05) is 9.80 Å². The third-order valence-electron chi connectivity index (χ3n) is 16.0. The van der Waals surface area contributed by atoms with Crippen LogP contribution < -0.4 is 76.2 Å². The van der Waals surface area contributed by atoms with Crippen molar-refractivity contribution in [3.63, 3.8) is 0 Å². The summed E-state index contributed by atoms with van der Waals surface area (Å²) in [5, 5.41) is 13.6. The van der Waals surface area contributed by atoms with Crippen molar-refractivity contribution in [1.29, 1.82) is 0 Å². The first kappa shape index (κ1) is 83.0. The minimum absolute atomic E-state index is 0. The van der Waals surface area contributed by atoms with Crippen LogP contribution in [0.2, 0.25) is 0 Å². The molecule has 0 saturated heterocycles. The molecule has 0 spiro atoms. The van der Waals surface area contributed by atoms with Crippen molar-refractivity contribution in [3.05, 3.63) is 273 Å². The Morgan fingerprint density at radius 2 is 0.583 bits per heavy atom. The average molecular weight is 1540 g/mol. The van der Waals surface area contributed by atoms with Crippen molar-refractivity contribution in [3.8, 4) is 0 Å². The van der Waals surface area contributed by atoms with Crippen LogP contribution in [0.1, 0.15) is 74.7 Å². The van der Waals surface area contributed by atoms with Crippen molar-refractivity contribution < 1.29 is 26.6 Å². The highest BCUT2D eigenvalue weighted by molar-refractivity contribution is 9.09. The molecule has 0 unspecified atom stereocenters. The molecule has 512 valence electrons. The van der Waals surface area contributed by atoms with Gasteiger partial charge in [-0.2, -0.15) is 0 Å². The van der Waals surface area contributed by atoms with Gasteiger partial charge in [-0.25, -0.2) is 0 Å².